The van der Waals surface area contributed by atoms with Gasteiger partial charge in [-0.15, -0.1) is 0 Å². The van der Waals surface area contributed by atoms with E-state index in [1.165, 1.54) is 6.07 Å². The van der Waals surface area contributed by atoms with Crippen molar-refractivity contribution in [1.82, 2.24) is 4.90 Å². The van der Waals surface area contributed by atoms with Gasteiger partial charge in [-0.1, -0.05) is 0 Å². The molecule has 0 aliphatic heterocycles. The molecule has 1 heterocycles. The molecule has 0 saturated carbocycles. The number of aliphatic hydroxyl groups is 1. The minimum atomic E-state index is -1.06. The Labute approximate surface area is 94.3 Å². The third-order valence-electron chi connectivity index (χ3n) is 2.25. The third kappa shape index (κ3) is 3.36. The zero-order chi connectivity index (χ0) is 12.3. The van der Waals surface area contributed by atoms with Crippen molar-refractivity contribution < 1.29 is 19.4 Å². The van der Waals surface area contributed by atoms with Gasteiger partial charge in [0, 0.05) is 18.7 Å². The molecule has 0 saturated heterocycles. The quantitative estimate of drug-likeness (QED) is 0.788. The smallest absolute Gasteiger partial charge is 0.371 e. The summed E-state index contributed by atoms with van der Waals surface area (Å²) >= 11 is 0. The first-order valence-electron chi connectivity index (χ1n) is 5.09. The van der Waals surface area contributed by atoms with Gasteiger partial charge in [0.25, 0.3) is 0 Å². The number of aromatic carboxylic acids is 1. The molecule has 0 radical (unpaired) electrons. The Morgan fingerprint density at radius 2 is 2.25 bits per heavy atom. The minimum absolute atomic E-state index is 0.0436. The number of aryl methyl sites for hydroxylation is 1. The number of nitrogens with zero attached hydrogens (tertiary/aromatic N) is 1. The highest BCUT2D eigenvalue weighted by molar-refractivity contribution is 5.84. The van der Waals surface area contributed by atoms with Crippen molar-refractivity contribution in [2.75, 3.05) is 13.6 Å². The molecule has 1 aromatic rings. The Bertz CT molecular complexity index is 370. The van der Waals surface area contributed by atoms with Crippen LogP contribution in [0.2, 0.25) is 0 Å². The maximum Gasteiger partial charge on any atom is 0.371 e. The Hall–Kier alpha value is -1.33. The van der Waals surface area contributed by atoms with Crippen LogP contribution in [0.1, 0.15) is 28.8 Å². The third-order valence-corrected chi connectivity index (χ3v) is 2.25. The van der Waals surface area contributed by atoms with Gasteiger partial charge < -0.3 is 14.6 Å². The Kier molecular flexibility index (Phi) is 4.09. The lowest BCUT2D eigenvalue weighted by Gasteiger charge is -2.17. The van der Waals surface area contributed by atoms with Crippen LogP contribution in [-0.4, -0.2) is 40.8 Å². The van der Waals surface area contributed by atoms with Crippen LogP contribution in [0.4, 0.5) is 0 Å². The van der Waals surface area contributed by atoms with Crippen LogP contribution in [0.25, 0.3) is 0 Å². The fourth-order valence-corrected chi connectivity index (χ4v) is 1.59. The van der Waals surface area contributed by atoms with Crippen molar-refractivity contribution in [3.63, 3.8) is 0 Å². The predicted molar refractivity (Wildman–Crippen MR) is 58.4 cm³/mol. The van der Waals surface area contributed by atoms with Gasteiger partial charge in [-0.25, -0.2) is 4.79 Å². The maximum absolute atomic E-state index is 10.7. The molecule has 0 aliphatic rings. The van der Waals surface area contributed by atoms with Crippen LogP contribution in [0.15, 0.2) is 10.5 Å². The summed E-state index contributed by atoms with van der Waals surface area (Å²) in [7, 11) is 1.86. The van der Waals surface area contributed by atoms with Gasteiger partial charge in [-0.2, -0.15) is 0 Å². The zero-order valence-corrected chi connectivity index (χ0v) is 9.73. The lowest BCUT2D eigenvalue weighted by atomic mass is 10.2. The van der Waals surface area contributed by atoms with Crippen molar-refractivity contribution in [3.8, 4) is 0 Å². The van der Waals surface area contributed by atoms with Crippen LogP contribution in [0, 0.1) is 6.92 Å². The molecule has 0 spiro atoms. The molecule has 2 N–H and O–H groups in total. The van der Waals surface area contributed by atoms with Crippen LogP contribution < -0.4 is 0 Å². The number of rotatable bonds is 5. The largest absolute Gasteiger partial charge is 0.475 e. The van der Waals surface area contributed by atoms with Crippen molar-refractivity contribution >= 4 is 5.97 Å². The summed E-state index contributed by atoms with van der Waals surface area (Å²) in [5.41, 5.74) is 0.834. The van der Waals surface area contributed by atoms with Gasteiger partial charge in [0.2, 0.25) is 5.76 Å². The summed E-state index contributed by atoms with van der Waals surface area (Å²) in [6, 6.07) is 1.52. The lowest BCUT2D eigenvalue weighted by Crippen LogP contribution is -2.26. The SMILES string of the molecule is Cc1oc(C(=O)O)cc1CN(C)CC(C)O. The molecule has 0 bridgehead atoms. The molecular formula is C11H17NO4. The molecule has 1 atom stereocenters. The highest BCUT2D eigenvalue weighted by atomic mass is 16.4. The molecule has 5 heteroatoms. The zero-order valence-electron chi connectivity index (χ0n) is 9.73. The molecule has 0 aliphatic carbocycles. The Balaban J connectivity index is 2.70. The van der Waals surface area contributed by atoms with Crippen LogP contribution in [0.5, 0.6) is 0 Å². The second kappa shape index (κ2) is 5.14. The average Bonchev–Trinajstić information content (AvgIpc) is 2.46. The highest BCUT2D eigenvalue weighted by Crippen LogP contribution is 2.16. The molecule has 0 aromatic carbocycles. The molecule has 0 fully saturated rings. The van der Waals surface area contributed by atoms with Gasteiger partial charge >= 0.3 is 5.97 Å². The van der Waals surface area contributed by atoms with E-state index < -0.39 is 12.1 Å². The summed E-state index contributed by atoms with van der Waals surface area (Å²) in [4.78, 5) is 12.6. The number of carboxylic acid groups (broad SMARTS) is 1. The first kappa shape index (κ1) is 12.7. The van der Waals surface area contributed by atoms with E-state index in [0.29, 0.717) is 18.8 Å². The first-order valence-corrected chi connectivity index (χ1v) is 5.09. The predicted octanol–water partition coefficient (Wildman–Crippen LogP) is 1.10. The molecule has 1 aromatic heterocycles. The normalized spacial score (nSPS) is 13.1. The topological polar surface area (TPSA) is 73.9 Å². The Morgan fingerprint density at radius 3 is 2.69 bits per heavy atom. The number of furan rings is 1. The van der Waals surface area contributed by atoms with E-state index in [-0.39, 0.29) is 5.76 Å². The summed E-state index contributed by atoms with van der Waals surface area (Å²) in [6.07, 6.45) is -0.406. The second-order valence-electron chi connectivity index (χ2n) is 4.04. The number of likely N-dealkylation sites (N-methyl/N-ethyl adjacent to an activating group) is 1. The molecule has 5 nitrogen and oxygen atoms in total. The van der Waals surface area contributed by atoms with Crippen molar-refractivity contribution in [1.29, 1.82) is 0 Å². The van der Waals surface area contributed by atoms with E-state index in [1.54, 1.807) is 13.8 Å². The monoisotopic (exact) mass is 227 g/mol. The van der Waals surface area contributed by atoms with Crippen LogP contribution in [0.3, 0.4) is 0 Å². The molecule has 0 amide bonds. The van der Waals surface area contributed by atoms with E-state index in [2.05, 4.69) is 0 Å². The molecular weight excluding hydrogens is 210 g/mol. The number of hydrogen-bond donors (Lipinski definition) is 2. The number of carbonyl (C=O) groups is 1. The highest BCUT2D eigenvalue weighted by Gasteiger charge is 2.14. The molecule has 1 rings (SSSR count). The fraction of sp³-hybridized carbons (Fsp3) is 0.545. The fourth-order valence-electron chi connectivity index (χ4n) is 1.59. The molecule has 90 valence electrons. The van der Waals surface area contributed by atoms with Gasteiger partial charge in [-0.05, 0) is 27.0 Å². The van der Waals surface area contributed by atoms with Crippen molar-refractivity contribution in [2.45, 2.75) is 26.5 Å². The maximum atomic E-state index is 10.7. The summed E-state index contributed by atoms with van der Waals surface area (Å²) in [5, 5.41) is 18.0. The Morgan fingerprint density at radius 1 is 1.62 bits per heavy atom. The van der Waals surface area contributed by atoms with E-state index in [9.17, 15) is 9.90 Å². The minimum Gasteiger partial charge on any atom is -0.475 e. The van der Waals surface area contributed by atoms with E-state index in [4.69, 9.17) is 9.52 Å². The van der Waals surface area contributed by atoms with Crippen LogP contribution >= 0.6 is 0 Å². The standard InChI is InChI=1S/C11H17NO4/c1-7(13)5-12(3)6-9-4-10(11(14)15)16-8(9)2/h4,7,13H,5-6H2,1-3H3,(H,14,15). The summed E-state index contributed by atoms with van der Waals surface area (Å²) in [6.45, 7) is 4.54. The second-order valence-corrected chi connectivity index (χ2v) is 4.04. The number of aliphatic hydroxyl groups excluding tert-OH is 1. The van der Waals surface area contributed by atoms with Crippen LogP contribution in [-0.2, 0) is 6.54 Å². The van der Waals surface area contributed by atoms with Gasteiger partial charge in [-0.3, -0.25) is 4.90 Å². The van der Waals surface area contributed by atoms with E-state index in [1.807, 2.05) is 11.9 Å². The molecule has 1 unspecified atom stereocenters. The van der Waals surface area contributed by atoms with Gasteiger partial charge in [0.15, 0.2) is 0 Å². The van der Waals surface area contributed by atoms with Crippen molar-refractivity contribution in [3.05, 3.63) is 23.2 Å². The summed E-state index contributed by atoms with van der Waals surface area (Å²) in [5.74, 6) is -0.500. The number of carboxylic acids is 1. The average molecular weight is 227 g/mol. The lowest BCUT2D eigenvalue weighted by molar-refractivity contribution is 0.0661. The van der Waals surface area contributed by atoms with E-state index >= 15 is 0 Å². The molecule has 16 heavy (non-hydrogen) atoms. The summed E-state index contributed by atoms with van der Waals surface area (Å²) < 4.78 is 5.09. The number of hydrogen-bond acceptors (Lipinski definition) is 4. The van der Waals surface area contributed by atoms with E-state index in [0.717, 1.165) is 5.56 Å². The van der Waals surface area contributed by atoms with Crippen molar-refractivity contribution in [2.24, 2.45) is 0 Å². The van der Waals surface area contributed by atoms with Gasteiger partial charge in [0.05, 0.1) is 6.10 Å². The van der Waals surface area contributed by atoms with Gasteiger partial charge in [0.1, 0.15) is 5.76 Å². The first-order chi connectivity index (χ1) is 7.40.